The highest BCUT2D eigenvalue weighted by atomic mass is 16.4. The van der Waals surface area contributed by atoms with Gasteiger partial charge in [-0.2, -0.15) is 0 Å². The monoisotopic (exact) mass is 256 g/mol. The van der Waals surface area contributed by atoms with Crippen LogP contribution in [0.1, 0.15) is 40.5 Å². The number of rotatable bonds is 4. The molecule has 1 rings (SSSR count). The molecule has 1 heterocycles. The van der Waals surface area contributed by atoms with E-state index in [0.29, 0.717) is 5.92 Å². The molecule has 104 valence electrons. The second kappa shape index (κ2) is 5.69. The zero-order chi connectivity index (χ0) is 13.9. The maximum Gasteiger partial charge on any atom is 0.305 e. The zero-order valence-corrected chi connectivity index (χ0v) is 11.7. The normalized spacial score (nSPS) is 24.0. The fraction of sp³-hybridized carbons (Fsp3) is 0.846. The van der Waals surface area contributed by atoms with Gasteiger partial charge in [0.2, 0.25) is 5.91 Å². The Balaban J connectivity index is 2.76. The van der Waals surface area contributed by atoms with Crippen molar-refractivity contribution in [3.63, 3.8) is 0 Å². The fourth-order valence-electron chi connectivity index (χ4n) is 2.32. The third-order valence-electron chi connectivity index (χ3n) is 3.42. The molecular weight excluding hydrogens is 232 g/mol. The maximum atomic E-state index is 12.5. The Morgan fingerprint density at radius 1 is 1.39 bits per heavy atom. The molecule has 2 atom stereocenters. The van der Waals surface area contributed by atoms with Gasteiger partial charge in [0, 0.05) is 12.1 Å². The van der Waals surface area contributed by atoms with E-state index in [4.69, 9.17) is 5.11 Å². The number of carbonyl (C=O) groups excluding carboxylic acids is 1. The van der Waals surface area contributed by atoms with Gasteiger partial charge in [-0.05, 0) is 39.7 Å². The summed E-state index contributed by atoms with van der Waals surface area (Å²) in [6.45, 7) is 8.99. The summed E-state index contributed by atoms with van der Waals surface area (Å²) in [4.78, 5) is 24.9. The molecule has 1 fully saturated rings. The van der Waals surface area contributed by atoms with E-state index in [2.05, 4.69) is 12.2 Å². The first-order valence-corrected chi connectivity index (χ1v) is 6.50. The van der Waals surface area contributed by atoms with Gasteiger partial charge in [-0.25, -0.2) is 0 Å². The number of nitrogens with zero attached hydrogens (tertiary/aromatic N) is 1. The lowest BCUT2D eigenvalue weighted by atomic mass is 9.98. The summed E-state index contributed by atoms with van der Waals surface area (Å²) < 4.78 is 0. The third-order valence-corrected chi connectivity index (χ3v) is 3.42. The van der Waals surface area contributed by atoms with Crippen LogP contribution in [0.5, 0.6) is 0 Å². The van der Waals surface area contributed by atoms with Crippen molar-refractivity contribution in [1.82, 2.24) is 10.2 Å². The van der Waals surface area contributed by atoms with Crippen LogP contribution in [0, 0.1) is 5.92 Å². The topological polar surface area (TPSA) is 69.6 Å². The van der Waals surface area contributed by atoms with Crippen molar-refractivity contribution < 1.29 is 14.7 Å². The fourth-order valence-corrected chi connectivity index (χ4v) is 2.32. The van der Waals surface area contributed by atoms with Crippen molar-refractivity contribution in [3.8, 4) is 0 Å². The van der Waals surface area contributed by atoms with Gasteiger partial charge in [-0.1, -0.05) is 6.92 Å². The number of carboxylic acids is 1. The minimum atomic E-state index is -0.871. The van der Waals surface area contributed by atoms with Crippen LogP contribution in [-0.2, 0) is 9.59 Å². The Bertz CT molecular complexity index is 323. The first-order valence-electron chi connectivity index (χ1n) is 6.50. The first kappa shape index (κ1) is 15.0. The molecule has 0 bridgehead atoms. The molecule has 0 spiro atoms. The molecule has 0 saturated carbocycles. The van der Waals surface area contributed by atoms with E-state index in [1.54, 1.807) is 4.90 Å². The molecule has 0 aliphatic carbocycles. The smallest absolute Gasteiger partial charge is 0.305 e. The van der Waals surface area contributed by atoms with Gasteiger partial charge in [-0.15, -0.1) is 0 Å². The number of amides is 1. The molecule has 2 N–H and O–H groups in total. The molecule has 1 aliphatic rings. The van der Waals surface area contributed by atoms with Crippen LogP contribution in [0.3, 0.4) is 0 Å². The summed E-state index contributed by atoms with van der Waals surface area (Å²) >= 11 is 0. The average molecular weight is 256 g/mol. The SMILES string of the molecule is CC1CCNC1C(=O)N(CCC(=O)O)C(C)(C)C. The quantitative estimate of drug-likeness (QED) is 0.790. The number of nitrogens with one attached hydrogen (secondary N) is 1. The lowest BCUT2D eigenvalue weighted by Gasteiger charge is -2.38. The molecule has 2 unspecified atom stereocenters. The van der Waals surface area contributed by atoms with Crippen LogP contribution >= 0.6 is 0 Å². The van der Waals surface area contributed by atoms with Crippen LogP contribution < -0.4 is 5.32 Å². The lowest BCUT2D eigenvalue weighted by molar-refractivity contribution is -0.142. The van der Waals surface area contributed by atoms with Crippen molar-refractivity contribution in [2.24, 2.45) is 5.92 Å². The van der Waals surface area contributed by atoms with Crippen LogP contribution in [0.25, 0.3) is 0 Å². The van der Waals surface area contributed by atoms with Gasteiger partial charge in [0.15, 0.2) is 0 Å². The Kier molecular flexibility index (Phi) is 4.73. The summed E-state index contributed by atoms with van der Waals surface area (Å²) in [5, 5.41) is 12.0. The maximum absolute atomic E-state index is 12.5. The van der Waals surface area contributed by atoms with Gasteiger partial charge in [0.05, 0.1) is 12.5 Å². The Morgan fingerprint density at radius 2 is 2.00 bits per heavy atom. The summed E-state index contributed by atoms with van der Waals surface area (Å²) in [6.07, 6.45) is 0.984. The zero-order valence-electron chi connectivity index (χ0n) is 11.7. The summed E-state index contributed by atoms with van der Waals surface area (Å²) in [5.41, 5.74) is -0.351. The number of hydrogen-bond acceptors (Lipinski definition) is 3. The number of carboxylic acid groups (broad SMARTS) is 1. The first-order chi connectivity index (χ1) is 8.23. The summed E-state index contributed by atoms with van der Waals surface area (Å²) in [6, 6.07) is -0.169. The lowest BCUT2D eigenvalue weighted by Crippen LogP contribution is -2.54. The average Bonchev–Trinajstić information content (AvgIpc) is 2.61. The highest BCUT2D eigenvalue weighted by Gasteiger charge is 2.36. The van der Waals surface area contributed by atoms with E-state index in [-0.39, 0.29) is 30.5 Å². The summed E-state index contributed by atoms with van der Waals surface area (Å²) in [7, 11) is 0. The van der Waals surface area contributed by atoms with Crippen molar-refractivity contribution >= 4 is 11.9 Å². The van der Waals surface area contributed by atoms with Crippen LogP contribution in [0.4, 0.5) is 0 Å². The van der Waals surface area contributed by atoms with Gasteiger partial charge >= 0.3 is 5.97 Å². The van der Waals surface area contributed by atoms with Gasteiger partial charge in [-0.3, -0.25) is 9.59 Å². The minimum absolute atomic E-state index is 0.00981. The molecule has 0 aromatic carbocycles. The van der Waals surface area contributed by atoms with E-state index in [1.807, 2.05) is 20.8 Å². The second-order valence-electron chi connectivity index (χ2n) is 6.00. The molecule has 0 radical (unpaired) electrons. The Hall–Kier alpha value is -1.10. The molecule has 1 amide bonds. The van der Waals surface area contributed by atoms with Gasteiger partial charge < -0.3 is 15.3 Å². The molecular formula is C13H24N2O3. The number of aliphatic carboxylic acids is 1. The number of carbonyl (C=O) groups is 2. The van der Waals surface area contributed by atoms with Crippen LogP contribution in [0.2, 0.25) is 0 Å². The molecule has 0 aromatic rings. The van der Waals surface area contributed by atoms with Crippen molar-refractivity contribution in [2.45, 2.75) is 52.1 Å². The largest absolute Gasteiger partial charge is 0.481 e. The van der Waals surface area contributed by atoms with Crippen molar-refractivity contribution in [2.75, 3.05) is 13.1 Å². The molecule has 18 heavy (non-hydrogen) atoms. The van der Waals surface area contributed by atoms with Gasteiger partial charge in [0.25, 0.3) is 0 Å². The summed E-state index contributed by atoms with van der Waals surface area (Å²) in [5.74, 6) is -0.537. The van der Waals surface area contributed by atoms with Gasteiger partial charge in [0.1, 0.15) is 0 Å². The predicted octanol–water partition coefficient (Wildman–Crippen LogP) is 1.09. The van der Waals surface area contributed by atoms with E-state index in [1.165, 1.54) is 0 Å². The van der Waals surface area contributed by atoms with E-state index in [9.17, 15) is 9.59 Å². The molecule has 0 aromatic heterocycles. The third kappa shape index (κ3) is 3.70. The second-order valence-corrected chi connectivity index (χ2v) is 6.00. The molecule has 5 heteroatoms. The van der Waals surface area contributed by atoms with Crippen LogP contribution in [-0.4, -0.2) is 46.6 Å². The Labute approximate surface area is 109 Å². The van der Waals surface area contributed by atoms with Crippen molar-refractivity contribution in [1.29, 1.82) is 0 Å². The predicted molar refractivity (Wildman–Crippen MR) is 69.3 cm³/mol. The molecule has 1 aliphatic heterocycles. The van der Waals surface area contributed by atoms with Crippen LogP contribution in [0.15, 0.2) is 0 Å². The Morgan fingerprint density at radius 3 is 2.39 bits per heavy atom. The number of hydrogen-bond donors (Lipinski definition) is 2. The van der Waals surface area contributed by atoms with Crippen molar-refractivity contribution in [3.05, 3.63) is 0 Å². The highest BCUT2D eigenvalue weighted by molar-refractivity contribution is 5.83. The van der Waals surface area contributed by atoms with E-state index in [0.717, 1.165) is 13.0 Å². The van der Waals surface area contributed by atoms with E-state index >= 15 is 0 Å². The highest BCUT2D eigenvalue weighted by Crippen LogP contribution is 2.21. The molecule has 1 saturated heterocycles. The minimum Gasteiger partial charge on any atom is -0.481 e. The standard InChI is InChI=1S/C13H24N2O3/c1-9-5-7-14-11(9)12(18)15(13(2,3)4)8-6-10(16)17/h9,11,14H,5-8H2,1-4H3,(H,16,17). The van der Waals surface area contributed by atoms with E-state index < -0.39 is 5.97 Å². The molecule has 5 nitrogen and oxygen atoms in total.